The zero-order chi connectivity index (χ0) is 12.9. The molecule has 17 heavy (non-hydrogen) atoms. The first-order chi connectivity index (χ1) is 7.96. The van der Waals surface area contributed by atoms with Crippen molar-refractivity contribution in [2.24, 2.45) is 11.3 Å². The number of nitrogens with one attached hydrogen (secondary N) is 1. The zero-order valence-corrected chi connectivity index (χ0v) is 11.2. The molecule has 1 fully saturated rings. The molecule has 1 saturated heterocycles. The van der Waals surface area contributed by atoms with Crippen molar-refractivity contribution in [2.75, 3.05) is 19.8 Å². The number of carbonyl (C=O) groups excluding carboxylic acids is 1. The Morgan fingerprint density at radius 2 is 2.24 bits per heavy atom. The highest BCUT2D eigenvalue weighted by atomic mass is 16.5. The van der Waals surface area contributed by atoms with E-state index in [0.717, 1.165) is 19.3 Å². The number of aliphatic hydroxyl groups is 1. The lowest BCUT2D eigenvalue weighted by atomic mass is 9.89. The van der Waals surface area contributed by atoms with E-state index in [-0.39, 0.29) is 24.0 Å². The predicted octanol–water partition coefficient (Wildman–Crippen LogP) is 1.33. The molecule has 0 bridgehead atoms. The molecule has 1 aliphatic rings. The molecule has 0 aliphatic carbocycles. The van der Waals surface area contributed by atoms with Gasteiger partial charge < -0.3 is 15.2 Å². The molecule has 0 aromatic rings. The lowest BCUT2D eigenvalue weighted by Crippen LogP contribution is -2.38. The predicted molar refractivity (Wildman–Crippen MR) is 66.6 cm³/mol. The standard InChI is InChI=1S/C13H25NO3/c1-10-5-8-17-11(10)12(16)14-7-4-6-13(2,3)9-15/h10-11,15H,4-9H2,1-3H3,(H,14,16). The van der Waals surface area contributed by atoms with Crippen molar-refractivity contribution in [3.8, 4) is 0 Å². The monoisotopic (exact) mass is 243 g/mol. The molecular formula is C13H25NO3. The van der Waals surface area contributed by atoms with Crippen LogP contribution in [0.5, 0.6) is 0 Å². The van der Waals surface area contributed by atoms with Crippen molar-refractivity contribution in [1.82, 2.24) is 5.32 Å². The molecule has 1 heterocycles. The number of rotatable bonds is 6. The second-order valence-corrected chi connectivity index (χ2v) is 5.77. The Bertz CT molecular complexity index is 253. The topological polar surface area (TPSA) is 58.6 Å². The summed E-state index contributed by atoms with van der Waals surface area (Å²) < 4.78 is 5.39. The third-order valence-corrected chi connectivity index (χ3v) is 3.40. The largest absolute Gasteiger partial charge is 0.396 e. The summed E-state index contributed by atoms with van der Waals surface area (Å²) in [5.41, 5.74) is -0.0537. The van der Waals surface area contributed by atoms with Gasteiger partial charge in [-0.15, -0.1) is 0 Å². The highest BCUT2D eigenvalue weighted by Gasteiger charge is 2.30. The zero-order valence-electron chi connectivity index (χ0n) is 11.2. The first-order valence-electron chi connectivity index (χ1n) is 6.46. The van der Waals surface area contributed by atoms with Crippen molar-refractivity contribution >= 4 is 5.91 Å². The number of aliphatic hydroxyl groups excluding tert-OH is 1. The van der Waals surface area contributed by atoms with Gasteiger partial charge in [-0.3, -0.25) is 4.79 Å². The maximum Gasteiger partial charge on any atom is 0.249 e. The summed E-state index contributed by atoms with van der Waals surface area (Å²) in [4.78, 5) is 11.8. The molecule has 2 atom stereocenters. The molecule has 2 unspecified atom stereocenters. The Balaban J connectivity index is 2.16. The molecule has 0 aromatic heterocycles. The van der Waals surface area contributed by atoms with E-state index in [0.29, 0.717) is 19.1 Å². The van der Waals surface area contributed by atoms with Crippen LogP contribution in [-0.2, 0) is 9.53 Å². The maximum absolute atomic E-state index is 11.8. The first-order valence-corrected chi connectivity index (χ1v) is 6.46. The average molecular weight is 243 g/mol. The van der Waals surface area contributed by atoms with Crippen LogP contribution in [0.15, 0.2) is 0 Å². The van der Waals surface area contributed by atoms with E-state index in [2.05, 4.69) is 5.32 Å². The second kappa shape index (κ2) is 6.36. The van der Waals surface area contributed by atoms with Gasteiger partial charge in [-0.1, -0.05) is 20.8 Å². The lowest BCUT2D eigenvalue weighted by molar-refractivity contribution is -0.131. The van der Waals surface area contributed by atoms with Gasteiger partial charge in [-0.25, -0.2) is 0 Å². The SMILES string of the molecule is CC1CCOC1C(=O)NCCCC(C)(C)CO. The Labute approximate surface area is 104 Å². The Kier molecular flexibility index (Phi) is 5.40. The van der Waals surface area contributed by atoms with E-state index in [4.69, 9.17) is 9.84 Å². The van der Waals surface area contributed by atoms with E-state index in [1.165, 1.54) is 0 Å². The van der Waals surface area contributed by atoms with Gasteiger partial charge in [-0.2, -0.15) is 0 Å². The number of carbonyl (C=O) groups is 1. The number of hydrogen-bond acceptors (Lipinski definition) is 3. The van der Waals surface area contributed by atoms with E-state index in [9.17, 15) is 4.79 Å². The summed E-state index contributed by atoms with van der Waals surface area (Å²) in [5.74, 6) is 0.334. The molecule has 0 spiro atoms. The third-order valence-electron chi connectivity index (χ3n) is 3.40. The molecule has 0 aromatic carbocycles. The van der Waals surface area contributed by atoms with Crippen molar-refractivity contribution in [3.05, 3.63) is 0 Å². The first kappa shape index (κ1) is 14.5. The smallest absolute Gasteiger partial charge is 0.249 e. The van der Waals surface area contributed by atoms with Crippen molar-refractivity contribution < 1.29 is 14.6 Å². The van der Waals surface area contributed by atoms with Crippen molar-refractivity contribution in [2.45, 2.75) is 46.1 Å². The van der Waals surface area contributed by atoms with Gasteiger partial charge in [0.2, 0.25) is 5.91 Å². The fourth-order valence-electron chi connectivity index (χ4n) is 1.99. The van der Waals surface area contributed by atoms with E-state index >= 15 is 0 Å². The number of hydrogen-bond donors (Lipinski definition) is 2. The van der Waals surface area contributed by atoms with Gasteiger partial charge in [0.05, 0.1) is 0 Å². The lowest BCUT2D eigenvalue weighted by Gasteiger charge is -2.21. The summed E-state index contributed by atoms with van der Waals surface area (Å²) in [6.45, 7) is 7.63. The molecule has 4 heteroatoms. The van der Waals surface area contributed by atoms with Crippen LogP contribution < -0.4 is 5.32 Å². The average Bonchev–Trinajstić information content (AvgIpc) is 2.71. The number of ether oxygens (including phenoxy) is 1. The summed E-state index contributed by atoms with van der Waals surface area (Å²) in [5, 5.41) is 12.0. The molecule has 2 N–H and O–H groups in total. The summed E-state index contributed by atoms with van der Waals surface area (Å²) >= 11 is 0. The maximum atomic E-state index is 11.8. The minimum absolute atomic E-state index is 0.0109. The van der Waals surface area contributed by atoms with E-state index in [1.807, 2.05) is 20.8 Å². The van der Waals surface area contributed by atoms with Gasteiger partial charge in [-0.05, 0) is 30.6 Å². The normalized spacial score (nSPS) is 24.9. The van der Waals surface area contributed by atoms with Gasteiger partial charge in [0.1, 0.15) is 6.10 Å². The molecule has 1 aliphatic heterocycles. The Morgan fingerprint density at radius 3 is 2.76 bits per heavy atom. The van der Waals surface area contributed by atoms with Crippen molar-refractivity contribution in [3.63, 3.8) is 0 Å². The summed E-state index contributed by atoms with van der Waals surface area (Å²) in [7, 11) is 0. The van der Waals surface area contributed by atoms with Crippen LogP contribution in [0, 0.1) is 11.3 Å². The minimum atomic E-state index is -0.263. The van der Waals surface area contributed by atoms with Gasteiger partial charge in [0, 0.05) is 19.8 Å². The fourth-order valence-corrected chi connectivity index (χ4v) is 1.99. The van der Waals surface area contributed by atoms with Crippen molar-refractivity contribution in [1.29, 1.82) is 0 Å². The Morgan fingerprint density at radius 1 is 1.53 bits per heavy atom. The van der Waals surface area contributed by atoms with Crippen LogP contribution in [0.3, 0.4) is 0 Å². The second-order valence-electron chi connectivity index (χ2n) is 5.77. The number of amides is 1. The molecule has 100 valence electrons. The van der Waals surface area contributed by atoms with Crippen LogP contribution in [0.2, 0.25) is 0 Å². The van der Waals surface area contributed by atoms with Gasteiger partial charge >= 0.3 is 0 Å². The van der Waals surface area contributed by atoms with Crippen LogP contribution in [0.1, 0.15) is 40.0 Å². The molecule has 1 amide bonds. The Hall–Kier alpha value is -0.610. The van der Waals surface area contributed by atoms with Crippen LogP contribution in [-0.4, -0.2) is 36.9 Å². The molecule has 0 saturated carbocycles. The van der Waals surface area contributed by atoms with E-state index in [1.54, 1.807) is 0 Å². The summed E-state index contributed by atoms with van der Waals surface area (Å²) in [6.07, 6.45) is 2.50. The quantitative estimate of drug-likeness (QED) is 0.692. The van der Waals surface area contributed by atoms with Gasteiger partial charge in [0.25, 0.3) is 0 Å². The highest BCUT2D eigenvalue weighted by molar-refractivity contribution is 5.81. The fraction of sp³-hybridized carbons (Fsp3) is 0.923. The molecule has 1 rings (SSSR count). The molecular weight excluding hydrogens is 218 g/mol. The van der Waals surface area contributed by atoms with Crippen LogP contribution in [0.25, 0.3) is 0 Å². The third kappa shape index (κ3) is 4.64. The highest BCUT2D eigenvalue weighted by Crippen LogP contribution is 2.21. The van der Waals surface area contributed by atoms with Crippen LogP contribution in [0.4, 0.5) is 0 Å². The van der Waals surface area contributed by atoms with Gasteiger partial charge in [0.15, 0.2) is 0 Å². The molecule has 4 nitrogen and oxygen atoms in total. The molecule has 0 radical (unpaired) electrons. The minimum Gasteiger partial charge on any atom is -0.396 e. The van der Waals surface area contributed by atoms with E-state index < -0.39 is 0 Å². The summed E-state index contributed by atoms with van der Waals surface area (Å²) in [6, 6.07) is 0. The van der Waals surface area contributed by atoms with Crippen LogP contribution >= 0.6 is 0 Å².